The predicted molar refractivity (Wildman–Crippen MR) is 98.1 cm³/mol. The second kappa shape index (κ2) is 10.6. The lowest BCUT2D eigenvalue weighted by atomic mass is 10.3. The van der Waals surface area contributed by atoms with Gasteiger partial charge in [-0.05, 0) is 35.7 Å². The van der Waals surface area contributed by atoms with Crippen molar-refractivity contribution in [1.29, 1.82) is 0 Å². The maximum atomic E-state index is 11.8. The van der Waals surface area contributed by atoms with Crippen molar-refractivity contribution >= 4 is 41.2 Å². The molecule has 2 amide bonds. The number of anilines is 1. The summed E-state index contributed by atoms with van der Waals surface area (Å²) < 4.78 is 5.36. The number of nitrogens with one attached hydrogen (secondary N) is 2. The Kier molecular flexibility index (Phi) is 8.85. The molecule has 24 heavy (non-hydrogen) atoms. The zero-order valence-electron chi connectivity index (χ0n) is 13.0. The Balaban J connectivity index is 0.00000288. The molecule has 1 aromatic carbocycles. The number of carbonyl (C=O) groups is 2. The molecule has 1 heterocycles. The van der Waals surface area contributed by atoms with Gasteiger partial charge in [0.1, 0.15) is 12.4 Å². The van der Waals surface area contributed by atoms with Crippen LogP contribution in [0.1, 0.15) is 16.8 Å². The molecule has 0 aliphatic heterocycles. The SMILES string of the molecule is Cl.NCCOc1ccc(NC(=O)CCNC(=O)c2ccsc2)cc1. The van der Waals surface area contributed by atoms with Crippen molar-refractivity contribution in [3.05, 3.63) is 46.7 Å². The molecule has 6 nitrogen and oxygen atoms in total. The van der Waals surface area contributed by atoms with Gasteiger partial charge in [0.25, 0.3) is 5.91 Å². The first kappa shape index (κ1) is 20.0. The molecule has 0 unspecified atom stereocenters. The van der Waals surface area contributed by atoms with Crippen LogP contribution in [0.25, 0.3) is 0 Å². The summed E-state index contributed by atoms with van der Waals surface area (Å²) in [6.45, 7) is 1.20. The molecular weight excluding hydrogens is 350 g/mol. The lowest BCUT2D eigenvalue weighted by molar-refractivity contribution is -0.116. The Morgan fingerprint density at radius 1 is 1.17 bits per heavy atom. The quantitative estimate of drug-likeness (QED) is 0.665. The fourth-order valence-electron chi connectivity index (χ4n) is 1.82. The van der Waals surface area contributed by atoms with Crippen molar-refractivity contribution in [2.75, 3.05) is 25.0 Å². The average Bonchev–Trinajstić information content (AvgIpc) is 3.08. The van der Waals surface area contributed by atoms with Crippen LogP contribution >= 0.6 is 23.7 Å². The fourth-order valence-corrected chi connectivity index (χ4v) is 2.46. The van der Waals surface area contributed by atoms with E-state index in [-0.39, 0.29) is 37.2 Å². The number of hydrogen-bond acceptors (Lipinski definition) is 5. The van der Waals surface area contributed by atoms with E-state index in [2.05, 4.69) is 10.6 Å². The van der Waals surface area contributed by atoms with Gasteiger partial charge in [0, 0.05) is 36.1 Å². The van der Waals surface area contributed by atoms with Crippen molar-refractivity contribution in [3.8, 4) is 5.75 Å². The van der Waals surface area contributed by atoms with Crippen LogP contribution in [0.15, 0.2) is 41.1 Å². The van der Waals surface area contributed by atoms with Gasteiger partial charge in [-0.15, -0.1) is 12.4 Å². The van der Waals surface area contributed by atoms with Gasteiger partial charge in [-0.2, -0.15) is 11.3 Å². The zero-order chi connectivity index (χ0) is 16.5. The summed E-state index contributed by atoms with van der Waals surface area (Å²) in [6, 6.07) is 8.79. The monoisotopic (exact) mass is 369 g/mol. The van der Waals surface area contributed by atoms with E-state index in [1.165, 1.54) is 11.3 Å². The zero-order valence-corrected chi connectivity index (χ0v) is 14.6. The Morgan fingerprint density at radius 3 is 2.54 bits per heavy atom. The van der Waals surface area contributed by atoms with Crippen LogP contribution in [0.5, 0.6) is 5.75 Å². The van der Waals surface area contributed by atoms with Crippen LogP contribution in [-0.4, -0.2) is 31.5 Å². The van der Waals surface area contributed by atoms with Crippen LogP contribution in [0.2, 0.25) is 0 Å². The summed E-state index contributed by atoms with van der Waals surface area (Å²) in [5.41, 5.74) is 6.65. The minimum absolute atomic E-state index is 0. The number of hydrogen-bond donors (Lipinski definition) is 3. The molecule has 130 valence electrons. The third-order valence-electron chi connectivity index (χ3n) is 2.95. The van der Waals surface area contributed by atoms with Crippen LogP contribution < -0.4 is 21.1 Å². The first-order chi connectivity index (χ1) is 11.2. The fraction of sp³-hybridized carbons (Fsp3) is 0.250. The second-order valence-electron chi connectivity index (χ2n) is 4.73. The normalized spacial score (nSPS) is 9.71. The van der Waals surface area contributed by atoms with Gasteiger partial charge >= 0.3 is 0 Å². The number of benzene rings is 1. The second-order valence-corrected chi connectivity index (χ2v) is 5.51. The molecule has 2 rings (SSSR count). The van der Waals surface area contributed by atoms with E-state index in [9.17, 15) is 9.59 Å². The van der Waals surface area contributed by atoms with Gasteiger partial charge in [-0.1, -0.05) is 0 Å². The highest BCUT2D eigenvalue weighted by Gasteiger charge is 2.07. The van der Waals surface area contributed by atoms with Crippen LogP contribution in [-0.2, 0) is 4.79 Å². The first-order valence-electron chi connectivity index (χ1n) is 7.22. The predicted octanol–water partition coefficient (Wildman–Crippen LogP) is 2.27. The Hall–Kier alpha value is -2.09. The maximum Gasteiger partial charge on any atom is 0.252 e. The maximum absolute atomic E-state index is 11.8. The smallest absolute Gasteiger partial charge is 0.252 e. The van der Waals surface area contributed by atoms with Gasteiger partial charge < -0.3 is 21.1 Å². The van der Waals surface area contributed by atoms with E-state index in [4.69, 9.17) is 10.5 Å². The lowest BCUT2D eigenvalue weighted by Gasteiger charge is -2.08. The summed E-state index contributed by atoms with van der Waals surface area (Å²) in [5, 5.41) is 9.08. The van der Waals surface area contributed by atoms with Gasteiger partial charge in [-0.3, -0.25) is 9.59 Å². The number of amides is 2. The van der Waals surface area contributed by atoms with E-state index in [0.29, 0.717) is 30.2 Å². The standard InChI is InChI=1S/C16H19N3O3S.ClH/c17-7-9-22-14-3-1-13(2-4-14)19-15(20)5-8-18-16(21)12-6-10-23-11-12;/h1-4,6,10-11H,5,7-9,17H2,(H,18,21)(H,19,20);1H. The number of rotatable bonds is 8. The van der Waals surface area contributed by atoms with Crippen LogP contribution in [0.4, 0.5) is 5.69 Å². The van der Waals surface area contributed by atoms with E-state index >= 15 is 0 Å². The average molecular weight is 370 g/mol. The first-order valence-corrected chi connectivity index (χ1v) is 8.16. The molecule has 0 aliphatic rings. The molecule has 0 atom stereocenters. The Morgan fingerprint density at radius 2 is 1.92 bits per heavy atom. The minimum Gasteiger partial charge on any atom is -0.492 e. The lowest BCUT2D eigenvalue weighted by Crippen LogP contribution is -2.27. The third-order valence-corrected chi connectivity index (χ3v) is 3.63. The molecule has 0 spiro atoms. The number of ether oxygens (including phenoxy) is 1. The Labute approximate surface area is 150 Å². The number of nitrogens with two attached hydrogens (primary N) is 1. The molecule has 2 aromatic rings. The van der Waals surface area contributed by atoms with Crippen molar-refractivity contribution in [2.24, 2.45) is 5.73 Å². The van der Waals surface area contributed by atoms with Gasteiger partial charge in [0.15, 0.2) is 0 Å². The molecule has 0 bridgehead atoms. The van der Waals surface area contributed by atoms with Crippen LogP contribution in [0.3, 0.4) is 0 Å². The van der Waals surface area contributed by atoms with Gasteiger partial charge in [0.2, 0.25) is 5.91 Å². The topological polar surface area (TPSA) is 93.4 Å². The number of thiophene rings is 1. The molecule has 0 saturated carbocycles. The van der Waals surface area contributed by atoms with Gasteiger partial charge in [-0.25, -0.2) is 0 Å². The molecule has 0 radical (unpaired) electrons. The highest BCUT2D eigenvalue weighted by atomic mass is 35.5. The molecule has 0 saturated heterocycles. The Bertz CT molecular complexity index is 633. The van der Waals surface area contributed by atoms with E-state index in [0.717, 1.165) is 0 Å². The highest BCUT2D eigenvalue weighted by molar-refractivity contribution is 7.08. The molecule has 4 N–H and O–H groups in total. The summed E-state index contributed by atoms with van der Waals surface area (Å²) in [7, 11) is 0. The summed E-state index contributed by atoms with van der Waals surface area (Å²) in [4.78, 5) is 23.5. The molecule has 0 aliphatic carbocycles. The van der Waals surface area contributed by atoms with E-state index in [1.807, 2.05) is 5.38 Å². The van der Waals surface area contributed by atoms with E-state index < -0.39 is 0 Å². The number of carbonyl (C=O) groups excluding carboxylic acids is 2. The number of halogens is 1. The van der Waals surface area contributed by atoms with E-state index in [1.54, 1.807) is 35.7 Å². The molecule has 0 fully saturated rings. The summed E-state index contributed by atoms with van der Waals surface area (Å²) >= 11 is 1.46. The van der Waals surface area contributed by atoms with Crippen molar-refractivity contribution < 1.29 is 14.3 Å². The van der Waals surface area contributed by atoms with Crippen molar-refractivity contribution in [1.82, 2.24) is 5.32 Å². The van der Waals surface area contributed by atoms with Crippen molar-refractivity contribution in [2.45, 2.75) is 6.42 Å². The summed E-state index contributed by atoms with van der Waals surface area (Å²) in [6.07, 6.45) is 0.210. The minimum atomic E-state index is -0.166. The third kappa shape index (κ3) is 6.57. The van der Waals surface area contributed by atoms with Gasteiger partial charge in [0.05, 0.1) is 0 Å². The highest BCUT2D eigenvalue weighted by Crippen LogP contribution is 2.15. The molecular formula is C16H20ClN3O3S. The largest absolute Gasteiger partial charge is 0.492 e. The van der Waals surface area contributed by atoms with Crippen molar-refractivity contribution in [3.63, 3.8) is 0 Å². The molecule has 8 heteroatoms. The molecule has 1 aromatic heterocycles. The summed E-state index contributed by atoms with van der Waals surface area (Å²) in [5.74, 6) is 0.378. The van der Waals surface area contributed by atoms with Crippen LogP contribution in [0, 0.1) is 0 Å².